The van der Waals surface area contributed by atoms with Crippen LogP contribution in [0.5, 0.6) is 0 Å². The van der Waals surface area contributed by atoms with Crippen LogP contribution >= 0.6 is 0 Å². The molecule has 2 fully saturated rings. The van der Waals surface area contributed by atoms with Crippen LogP contribution in [0, 0.1) is 0 Å². The number of carbonyl (C=O) groups excluding carboxylic acids is 2. The smallest absolute Gasteiger partial charge is 0.289 e. The molecule has 0 aliphatic carbocycles. The van der Waals surface area contributed by atoms with E-state index in [0.717, 1.165) is 32.5 Å². The zero-order valence-electron chi connectivity index (χ0n) is 16.0. The molecule has 2 saturated heterocycles. The van der Waals surface area contributed by atoms with Gasteiger partial charge in [0.25, 0.3) is 5.91 Å². The largest absolute Gasteiger partial charge is 0.453 e. The lowest BCUT2D eigenvalue weighted by Crippen LogP contribution is -2.62. The Balaban J connectivity index is 1.74. The van der Waals surface area contributed by atoms with Crippen LogP contribution in [0.25, 0.3) is 0 Å². The molecular formula is C19H29N3O4. The Bertz CT molecular complexity index is 659. The topological polar surface area (TPSA) is 66.2 Å². The maximum absolute atomic E-state index is 12.9. The fraction of sp³-hybridized carbons (Fsp3) is 0.684. The standard InChI is InChI=1S/C19H29N3O4/c1-4-21-10-9-19(8-7-17(21)23)14-22(12-11-20(19)2)18(24)16-6-5-15(26-16)13-25-3/h5-6H,4,7-14H2,1-3H3/t19-/m1/s1. The van der Waals surface area contributed by atoms with Crippen LogP contribution in [-0.4, -0.2) is 78.9 Å². The highest BCUT2D eigenvalue weighted by Crippen LogP contribution is 2.32. The molecule has 0 unspecified atom stereocenters. The average molecular weight is 363 g/mol. The second-order valence-electron chi connectivity index (χ2n) is 7.29. The third-order valence-electron chi connectivity index (χ3n) is 5.83. The van der Waals surface area contributed by atoms with Crippen molar-refractivity contribution in [3.63, 3.8) is 0 Å². The lowest BCUT2D eigenvalue weighted by atomic mass is 9.86. The van der Waals surface area contributed by atoms with Crippen LogP contribution < -0.4 is 0 Å². The van der Waals surface area contributed by atoms with E-state index in [4.69, 9.17) is 9.15 Å². The van der Waals surface area contributed by atoms with Crippen molar-refractivity contribution < 1.29 is 18.7 Å². The third kappa shape index (κ3) is 3.64. The van der Waals surface area contributed by atoms with Crippen molar-refractivity contribution in [2.45, 2.75) is 38.3 Å². The van der Waals surface area contributed by atoms with E-state index in [1.54, 1.807) is 19.2 Å². The molecule has 3 heterocycles. The molecule has 1 aromatic heterocycles. The van der Waals surface area contributed by atoms with Crippen LogP contribution in [0.2, 0.25) is 0 Å². The van der Waals surface area contributed by atoms with Crippen LogP contribution in [0.3, 0.4) is 0 Å². The number of likely N-dealkylation sites (N-methyl/N-ethyl adjacent to an activating group) is 1. The summed E-state index contributed by atoms with van der Waals surface area (Å²) in [6.07, 6.45) is 2.22. The second kappa shape index (κ2) is 7.80. The lowest BCUT2D eigenvalue weighted by Gasteiger charge is -2.49. The van der Waals surface area contributed by atoms with Crippen LogP contribution in [0.4, 0.5) is 0 Å². The molecule has 26 heavy (non-hydrogen) atoms. The van der Waals surface area contributed by atoms with Crippen molar-refractivity contribution in [1.82, 2.24) is 14.7 Å². The van der Waals surface area contributed by atoms with Gasteiger partial charge in [-0.25, -0.2) is 0 Å². The number of furan rings is 1. The van der Waals surface area contributed by atoms with E-state index in [1.165, 1.54) is 0 Å². The summed E-state index contributed by atoms with van der Waals surface area (Å²) in [4.78, 5) is 31.3. The summed E-state index contributed by atoms with van der Waals surface area (Å²) in [7, 11) is 3.71. The molecule has 7 nitrogen and oxygen atoms in total. The van der Waals surface area contributed by atoms with E-state index >= 15 is 0 Å². The highest BCUT2D eigenvalue weighted by atomic mass is 16.5. The molecule has 1 spiro atoms. The summed E-state index contributed by atoms with van der Waals surface area (Å²) < 4.78 is 10.7. The minimum absolute atomic E-state index is 0.0808. The number of hydrogen-bond donors (Lipinski definition) is 0. The highest BCUT2D eigenvalue weighted by Gasteiger charge is 2.43. The van der Waals surface area contributed by atoms with Gasteiger partial charge in [-0.05, 0) is 38.9 Å². The molecule has 0 radical (unpaired) electrons. The molecule has 0 N–H and O–H groups in total. The summed E-state index contributed by atoms with van der Waals surface area (Å²) in [6, 6.07) is 3.50. The van der Waals surface area contributed by atoms with Crippen molar-refractivity contribution in [2.75, 3.05) is 46.9 Å². The summed E-state index contributed by atoms with van der Waals surface area (Å²) in [5.41, 5.74) is -0.143. The first-order valence-electron chi connectivity index (χ1n) is 9.35. The molecule has 144 valence electrons. The Kier molecular flexibility index (Phi) is 5.67. The van der Waals surface area contributed by atoms with Crippen molar-refractivity contribution in [1.29, 1.82) is 0 Å². The summed E-state index contributed by atoms with van der Waals surface area (Å²) in [6.45, 7) is 5.98. The molecule has 2 aliphatic rings. The van der Waals surface area contributed by atoms with Gasteiger partial charge in [0.1, 0.15) is 12.4 Å². The number of likely N-dealkylation sites (tertiary alicyclic amines) is 1. The second-order valence-corrected chi connectivity index (χ2v) is 7.29. The molecule has 7 heteroatoms. The number of ether oxygens (including phenoxy) is 1. The minimum atomic E-state index is -0.143. The van der Waals surface area contributed by atoms with Gasteiger partial charge in [0, 0.05) is 51.8 Å². The van der Waals surface area contributed by atoms with Crippen LogP contribution in [0.1, 0.15) is 42.5 Å². The number of hydrogen-bond acceptors (Lipinski definition) is 5. The van der Waals surface area contributed by atoms with E-state index < -0.39 is 0 Å². The van der Waals surface area contributed by atoms with Gasteiger partial charge in [0.2, 0.25) is 5.91 Å². The monoisotopic (exact) mass is 363 g/mol. The first-order chi connectivity index (χ1) is 12.5. The Morgan fingerprint density at radius 3 is 2.81 bits per heavy atom. The van der Waals surface area contributed by atoms with Gasteiger partial charge >= 0.3 is 0 Å². The summed E-state index contributed by atoms with van der Waals surface area (Å²) >= 11 is 0. The highest BCUT2D eigenvalue weighted by molar-refractivity contribution is 5.91. The predicted octanol–water partition coefficient (Wildman–Crippen LogP) is 1.58. The van der Waals surface area contributed by atoms with Crippen molar-refractivity contribution in [2.24, 2.45) is 0 Å². The third-order valence-corrected chi connectivity index (χ3v) is 5.83. The fourth-order valence-electron chi connectivity index (χ4n) is 4.07. The van der Waals surface area contributed by atoms with Gasteiger partial charge in [-0.15, -0.1) is 0 Å². The minimum Gasteiger partial charge on any atom is -0.453 e. The fourth-order valence-corrected chi connectivity index (χ4v) is 4.07. The number of amides is 2. The first-order valence-corrected chi connectivity index (χ1v) is 9.35. The van der Waals surface area contributed by atoms with Crippen LogP contribution in [-0.2, 0) is 16.1 Å². The number of methoxy groups -OCH3 is 1. The Hall–Kier alpha value is -1.86. The van der Waals surface area contributed by atoms with Crippen molar-refractivity contribution in [3.8, 4) is 0 Å². The predicted molar refractivity (Wildman–Crippen MR) is 96.8 cm³/mol. The molecule has 2 amide bonds. The maximum atomic E-state index is 12.9. The van der Waals surface area contributed by atoms with Gasteiger partial charge < -0.3 is 19.0 Å². The number of piperazine rings is 1. The molecular weight excluding hydrogens is 334 g/mol. The number of nitrogens with zero attached hydrogens (tertiary/aromatic N) is 3. The van der Waals surface area contributed by atoms with Crippen LogP contribution in [0.15, 0.2) is 16.5 Å². The Morgan fingerprint density at radius 1 is 1.27 bits per heavy atom. The Labute approximate surface area is 154 Å². The zero-order chi connectivity index (χ0) is 18.7. The lowest BCUT2D eigenvalue weighted by molar-refractivity contribution is -0.130. The maximum Gasteiger partial charge on any atom is 0.289 e. The number of rotatable bonds is 4. The van der Waals surface area contributed by atoms with Gasteiger partial charge in [0.05, 0.1) is 0 Å². The molecule has 0 bridgehead atoms. The van der Waals surface area contributed by atoms with Gasteiger partial charge in [-0.1, -0.05) is 0 Å². The normalized spacial score (nSPS) is 25.0. The van der Waals surface area contributed by atoms with E-state index in [0.29, 0.717) is 37.6 Å². The quantitative estimate of drug-likeness (QED) is 0.813. The first kappa shape index (κ1) is 18.9. The Morgan fingerprint density at radius 2 is 2.08 bits per heavy atom. The molecule has 3 rings (SSSR count). The summed E-state index contributed by atoms with van der Waals surface area (Å²) in [5, 5.41) is 0. The van der Waals surface area contributed by atoms with Gasteiger partial charge in [0.15, 0.2) is 5.76 Å². The van der Waals surface area contributed by atoms with E-state index in [-0.39, 0.29) is 17.4 Å². The van der Waals surface area contributed by atoms with Gasteiger partial charge in [-0.3, -0.25) is 14.5 Å². The molecule has 1 aromatic rings. The number of carbonyl (C=O) groups is 2. The molecule has 0 saturated carbocycles. The summed E-state index contributed by atoms with van der Waals surface area (Å²) in [5.74, 6) is 1.15. The van der Waals surface area contributed by atoms with Gasteiger partial charge in [-0.2, -0.15) is 0 Å². The van der Waals surface area contributed by atoms with E-state index in [1.807, 2.05) is 16.7 Å². The molecule has 1 atom stereocenters. The van der Waals surface area contributed by atoms with Crippen molar-refractivity contribution >= 4 is 11.8 Å². The van der Waals surface area contributed by atoms with Crippen molar-refractivity contribution in [3.05, 3.63) is 23.7 Å². The SMILES string of the molecule is CCN1CC[C@]2(CCC1=O)CN(C(=O)c1ccc(COC)o1)CCN2C. The molecule has 0 aromatic carbocycles. The van der Waals surface area contributed by atoms with E-state index in [9.17, 15) is 9.59 Å². The average Bonchev–Trinajstić information content (AvgIpc) is 3.04. The molecule has 2 aliphatic heterocycles. The van der Waals surface area contributed by atoms with E-state index in [2.05, 4.69) is 11.9 Å². The zero-order valence-corrected chi connectivity index (χ0v) is 16.0.